The third-order valence-corrected chi connectivity index (χ3v) is 1.93. The second kappa shape index (κ2) is 4.99. The topological polar surface area (TPSA) is 81.2 Å². The Kier molecular flexibility index (Phi) is 3.68. The minimum atomic E-state index is -0.583. The molecule has 0 heterocycles. The monoisotopic (exact) mass is 207 g/mol. The van der Waals surface area contributed by atoms with Crippen molar-refractivity contribution in [2.45, 2.75) is 13.0 Å². The summed E-state index contributed by atoms with van der Waals surface area (Å²) in [6, 6.07) is 9.52. The van der Waals surface area contributed by atoms with Gasteiger partial charge in [-0.15, -0.1) is 0 Å². The molecule has 0 bridgehead atoms. The lowest BCUT2D eigenvalue weighted by molar-refractivity contribution is -0.403. The van der Waals surface area contributed by atoms with Crippen LogP contribution in [0.25, 0.3) is 0 Å². The molecule has 15 heavy (non-hydrogen) atoms. The summed E-state index contributed by atoms with van der Waals surface area (Å²) in [5, 5.41) is 13.0. The van der Waals surface area contributed by atoms with Gasteiger partial charge in [0.05, 0.1) is 11.0 Å². The molecule has 1 unspecified atom stereocenters. The van der Waals surface area contributed by atoms with E-state index in [1.54, 1.807) is 0 Å². The van der Waals surface area contributed by atoms with E-state index in [0.29, 0.717) is 0 Å². The van der Waals surface area contributed by atoms with Crippen LogP contribution in [0.5, 0.6) is 0 Å². The summed E-state index contributed by atoms with van der Waals surface area (Å²) in [6.07, 6.45) is 0.749. The summed E-state index contributed by atoms with van der Waals surface area (Å²) in [4.78, 5) is 9.55. The van der Waals surface area contributed by atoms with Gasteiger partial charge < -0.3 is 11.1 Å². The van der Waals surface area contributed by atoms with Gasteiger partial charge in [0.1, 0.15) is 0 Å². The molecule has 0 fully saturated rings. The standard InChI is InChI=1S/C10H13N3O2/c1-8(9-5-3-2-4-6-9)12-10(11)7-13(14)15/h2-8,12H,11H2,1H3/b10-7+. The Bertz CT molecular complexity index is 362. The number of nitro groups is 1. The van der Waals surface area contributed by atoms with Crippen molar-refractivity contribution in [3.63, 3.8) is 0 Å². The normalized spacial score (nSPS) is 13.3. The van der Waals surface area contributed by atoms with Crippen molar-refractivity contribution >= 4 is 0 Å². The van der Waals surface area contributed by atoms with Gasteiger partial charge in [-0.05, 0) is 12.5 Å². The van der Waals surface area contributed by atoms with Crippen molar-refractivity contribution < 1.29 is 4.92 Å². The third-order valence-electron chi connectivity index (χ3n) is 1.93. The Morgan fingerprint density at radius 2 is 2.13 bits per heavy atom. The molecule has 80 valence electrons. The maximum atomic E-state index is 10.1. The van der Waals surface area contributed by atoms with Crippen LogP contribution in [-0.4, -0.2) is 4.92 Å². The number of benzene rings is 1. The lowest BCUT2D eigenvalue weighted by atomic mass is 10.1. The summed E-state index contributed by atoms with van der Waals surface area (Å²) in [7, 11) is 0. The van der Waals surface area contributed by atoms with Crippen LogP contribution in [0.15, 0.2) is 42.4 Å². The average Bonchev–Trinajstić information content (AvgIpc) is 2.17. The van der Waals surface area contributed by atoms with Crippen molar-refractivity contribution in [1.82, 2.24) is 5.32 Å². The van der Waals surface area contributed by atoms with E-state index in [1.807, 2.05) is 37.3 Å². The molecule has 1 aromatic carbocycles. The first kappa shape index (κ1) is 11.0. The molecule has 0 aliphatic rings. The van der Waals surface area contributed by atoms with Crippen LogP contribution in [0.4, 0.5) is 0 Å². The molecule has 0 aliphatic heterocycles. The van der Waals surface area contributed by atoms with E-state index >= 15 is 0 Å². The lowest BCUT2D eigenvalue weighted by Gasteiger charge is -2.13. The molecular formula is C10H13N3O2. The SMILES string of the molecule is CC(N/C(N)=C/[N+](=O)[O-])c1ccccc1. The second-order valence-corrected chi connectivity index (χ2v) is 3.15. The molecule has 0 aromatic heterocycles. The van der Waals surface area contributed by atoms with Crippen LogP contribution in [0.2, 0.25) is 0 Å². The van der Waals surface area contributed by atoms with E-state index in [2.05, 4.69) is 5.32 Å². The molecule has 1 atom stereocenters. The van der Waals surface area contributed by atoms with Gasteiger partial charge in [0.25, 0.3) is 6.20 Å². The minimum Gasteiger partial charge on any atom is -0.380 e. The van der Waals surface area contributed by atoms with Gasteiger partial charge in [-0.3, -0.25) is 10.1 Å². The van der Waals surface area contributed by atoms with E-state index in [9.17, 15) is 10.1 Å². The predicted molar refractivity (Wildman–Crippen MR) is 57.3 cm³/mol. The van der Waals surface area contributed by atoms with E-state index in [-0.39, 0.29) is 11.9 Å². The third kappa shape index (κ3) is 3.68. The van der Waals surface area contributed by atoms with E-state index < -0.39 is 4.92 Å². The highest BCUT2D eigenvalue weighted by Gasteiger charge is 2.05. The molecule has 0 spiro atoms. The molecule has 5 heteroatoms. The minimum absolute atomic E-state index is 0.0522. The smallest absolute Gasteiger partial charge is 0.273 e. The summed E-state index contributed by atoms with van der Waals surface area (Å²) >= 11 is 0. The largest absolute Gasteiger partial charge is 0.380 e. The molecule has 0 aliphatic carbocycles. The summed E-state index contributed by atoms with van der Waals surface area (Å²) in [6.45, 7) is 1.88. The summed E-state index contributed by atoms with van der Waals surface area (Å²) in [5.74, 6) is 0.0522. The van der Waals surface area contributed by atoms with E-state index in [4.69, 9.17) is 5.73 Å². The highest BCUT2D eigenvalue weighted by molar-refractivity contribution is 5.19. The second-order valence-electron chi connectivity index (χ2n) is 3.15. The van der Waals surface area contributed by atoms with Gasteiger partial charge in [0, 0.05) is 0 Å². The van der Waals surface area contributed by atoms with Gasteiger partial charge in [-0.25, -0.2) is 0 Å². The predicted octanol–water partition coefficient (Wildman–Crippen LogP) is 1.37. The molecule has 3 N–H and O–H groups in total. The fourth-order valence-corrected chi connectivity index (χ4v) is 1.23. The molecule has 0 saturated carbocycles. The zero-order valence-electron chi connectivity index (χ0n) is 8.38. The van der Waals surface area contributed by atoms with E-state index in [0.717, 1.165) is 11.8 Å². The number of hydrogen-bond acceptors (Lipinski definition) is 4. The maximum Gasteiger partial charge on any atom is 0.273 e. The first-order valence-corrected chi connectivity index (χ1v) is 4.52. The van der Waals surface area contributed by atoms with Gasteiger partial charge >= 0.3 is 0 Å². The molecular weight excluding hydrogens is 194 g/mol. The Hall–Kier alpha value is -2.04. The quantitative estimate of drug-likeness (QED) is 0.577. The summed E-state index contributed by atoms with van der Waals surface area (Å²) in [5.41, 5.74) is 6.45. The average molecular weight is 207 g/mol. The number of hydrogen-bond donors (Lipinski definition) is 2. The maximum absolute atomic E-state index is 10.1. The first-order chi connectivity index (χ1) is 7.09. The number of rotatable bonds is 4. The van der Waals surface area contributed by atoms with Crippen LogP contribution in [0.3, 0.4) is 0 Å². The first-order valence-electron chi connectivity index (χ1n) is 4.52. The number of nitrogens with two attached hydrogens (primary N) is 1. The number of nitrogens with one attached hydrogen (secondary N) is 1. The Balaban J connectivity index is 2.64. The lowest BCUT2D eigenvalue weighted by Crippen LogP contribution is -2.24. The van der Waals surface area contributed by atoms with Gasteiger partial charge in [0.15, 0.2) is 5.82 Å². The van der Waals surface area contributed by atoms with Crippen molar-refractivity contribution in [3.05, 3.63) is 58.0 Å². The van der Waals surface area contributed by atoms with Crippen LogP contribution in [0.1, 0.15) is 18.5 Å². The highest BCUT2D eigenvalue weighted by Crippen LogP contribution is 2.11. The Labute approximate surface area is 87.7 Å². The molecule has 0 amide bonds. The van der Waals surface area contributed by atoms with Gasteiger partial charge in [-0.2, -0.15) is 0 Å². The van der Waals surface area contributed by atoms with Crippen LogP contribution in [-0.2, 0) is 0 Å². The fourth-order valence-electron chi connectivity index (χ4n) is 1.23. The Morgan fingerprint density at radius 3 is 2.67 bits per heavy atom. The molecule has 5 nitrogen and oxygen atoms in total. The van der Waals surface area contributed by atoms with Crippen LogP contribution in [0, 0.1) is 10.1 Å². The van der Waals surface area contributed by atoms with E-state index in [1.165, 1.54) is 0 Å². The zero-order chi connectivity index (χ0) is 11.3. The van der Waals surface area contributed by atoms with Crippen molar-refractivity contribution in [2.24, 2.45) is 5.73 Å². The summed E-state index contributed by atoms with van der Waals surface area (Å²) < 4.78 is 0. The fraction of sp³-hybridized carbons (Fsp3) is 0.200. The van der Waals surface area contributed by atoms with Crippen molar-refractivity contribution in [2.75, 3.05) is 0 Å². The highest BCUT2D eigenvalue weighted by atomic mass is 16.6. The van der Waals surface area contributed by atoms with Crippen molar-refractivity contribution in [3.8, 4) is 0 Å². The van der Waals surface area contributed by atoms with Gasteiger partial charge in [0.2, 0.25) is 0 Å². The number of nitrogens with zero attached hydrogens (tertiary/aromatic N) is 1. The molecule has 0 radical (unpaired) electrons. The van der Waals surface area contributed by atoms with Crippen LogP contribution < -0.4 is 11.1 Å². The zero-order valence-corrected chi connectivity index (χ0v) is 8.38. The molecule has 1 rings (SSSR count). The Morgan fingerprint density at radius 1 is 1.53 bits per heavy atom. The van der Waals surface area contributed by atoms with Crippen molar-refractivity contribution in [1.29, 1.82) is 0 Å². The molecule has 1 aromatic rings. The molecule has 0 saturated heterocycles. The van der Waals surface area contributed by atoms with Crippen LogP contribution >= 0.6 is 0 Å². The van der Waals surface area contributed by atoms with Gasteiger partial charge in [-0.1, -0.05) is 30.3 Å².